The number of hydrogen-bond donors (Lipinski definition) is 2. The predicted molar refractivity (Wildman–Crippen MR) is 88.4 cm³/mol. The van der Waals surface area contributed by atoms with Crippen molar-refractivity contribution in [3.05, 3.63) is 48.0 Å². The van der Waals surface area contributed by atoms with Gasteiger partial charge in [-0.2, -0.15) is 0 Å². The molecule has 0 aliphatic heterocycles. The van der Waals surface area contributed by atoms with Crippen LogP contribution in [0.2, 0.25) is 0 Å². The van der Waals surface area contributed by atoms with Gasteiger partial charge in [-0.1, -0.05) is 18.2 Å². The second-order valence-electron chi connectivity index (χ2n) is 4.69. The fourth-order valence-electron chi connectivity index (χ4n) is 2.10. The van der Waals surface area contributed by atoms with Crippen LogP contribution in [0.15, 0.2) is 42.5 Å². The van der Waals surface area contributed by atoms with Crippen molar-refractivity contribution in [3.63, 3.8) is 0 Å². The SMILES string of the molecule is COc1cc(OC)c(OC)cc1CNC(=O)Nc1ccccc1. The Labute approximate surface area is 135 Å². The van der Waals surface area contributed by atoms with Crippen LogP contribution < -0.4 is 24.8 Å². The first-order chi connectivity index (χ1) is 11.2. The minimum Gasteiger partial charge on any atom is -0.496 e. The van der Waals surface area contributed by atoms with Crippen LogP contribution in [0.3, 0.4) is 0 Å². The minimum absolute atomic E-state index is 0.294. The molecule has 23 heavy (non-hydrogen) atoms. The lowest BCUT2D eigenvalue weighted by Crippen LogP contribution is -2.28. The van der Waals surface area contributed by atoms with Crippen molar-refractivity contribution in [2.75, 3.05) is 26.6 Å². The number of carbonyl (C=O) groups is 1. The summed E-state index contributed by atoms with van der Waals surface area (Å²) >= 11 is 0. The smallest absolute Gasteiger partial charge is 0.319 e. The zero-order valence-electron chi connectivity index (χ0n) is 13.4. The minimum atomic E-state index is -0.298. The Kier molecular flexibility index (Phi) is 5.68. The number of anilines is 1. The average Bonchev–Trinajstić information content (AvgIpc) is 2.59. The molecule has 0 unspecified atom stereocenters. The van der Waals surface area contributed by atoms with E-state index >= 15 is 0 Å². The maximum atomic E-state index is 11.9. The standard InChI is InChI=1S/C17H20N2O4/c1-21-14-10-16(23-3)15(22-2)9-12(14)11-18-17(20)19-13-7-5-4-6-8-13/h4-10H,11H2,1-3H3,(H2,18,19,20). The summed E-state index contributed by atoms with van der Waals surface area (Å²) in [6, 6.07) is 12.4. The Morgan fingerprint density at radius 1 is 0.913 bits per heavy atom. The summed E-state index contributed by atoms with van der Waals surface area (Å²) in [5.74, 6) is 1.76. The van der Waals surface area contributed by atoms with E-state index in [1.165, 1.54) is 0 Å². The van der Waals surface area contributed by atoms with E-state index in [0.29, 0.717) is 23.8 Å². The topological polar surface area (TPSA) is 68.8 Å². The number of rotatable bonds is 6. The molecule has 0 aromatic heterocycles. The summed E-state index contributed by atoms with van der Waals surface area (Å²) in [5, 5.41) is 5.54. The van der Waals surface area contributed by atoms with Gasteiger partial charge in [-0.25, -0.2) is 4.79 Å². The molecule has 6 nitrogen and oxygen atoms in total. The molecule has 0 bridgehead atoms. The monoisotopic (exact) mass is 316 g/mol. The molecule has 0 radical (unpaired) electrons. The first-order valence-electron chi connectivity index (χ1n) is 7.06. The molecule has 122 valence electrons. The van der Waals surface area contributed by atoms with Gasteiger partial charge in [0.2, 0.25) is 0 Å². The third kappa shape index (κ3) is 4.29. The van der Waals surface area contributed by atoms with E-state index in [1.807, 2.05) is 30.3 Å². The van der Waals surface area contributed by atoms with Crippen molar-refractivity contribution < 1.29 is 19.0 Å². The fourth-order valence-corrected chi connectivity index (χ4v) is 2.10. The van der Waals surface area contributed by atoms with Crippen molar-refractivity contribution in [2.24, 2.45) is 0 Å². The first-order valence-corrected chi connectivity index (χ1v) is 7.06. The third-order valence-electron chi connectivity index (χ3n) is 3.26. The largest absolute Gasteiger partial charge is 0.496 e. The Bertz CT molecular complexity index is 659. The first kappa shape index (κ1) is 16.5. The van der Waals surface area contributed by atoms with E-state index in [9.17, 15) is 4.79 Å². The summed E-state index contributed by atoms with van der Waals surface area (Å²) in [5.41, 5.74) is 1.51. The molecule has 2 rings (SSSR count). The molecule has 2 amide bonds. The highest BCUT2D eigenvalue weighted by molar-refractivity contribution is 5.89. The highest BCUT2D eigenvalue weighted by Gasteiger charge is 2.12. The van der Waals surface area contributed by atoms with E-state index in [0.717, 1.165) is 11.3 Å². The van der Waals surface area contributed by atoms with Crippen LogP contribution in [-0.2, 0) is 6.54 Å². The van der Waals surface area contributed by atoms with Gasteiger partial charge in [0.1, 0.15) is 5.75 Å². The highest BCUT2D eigenvalue weighted by Crippen LogP contribution is 2.34. The molecular formula is C17H20N2O4. The molecule has 2 aromatic rings. The number of carbonyl (C=O) groups excluding carboxylic acids is 1. The van der Waals surface area contributed by atoms with Gasteiger partial charge in [-0.15, -0.1) is 0 Å². The average molecular weight is 316 g/mol. The highest BCUT2D eigenvalue weighted by atomic mass is 16.5. The number of nitrogens with one attached hydrogen (secondary N) is 2. The molecule has 0 fully saturated rings. The summed E-state index contributed by atoms with van der Waals surface area (Å²) in [4.78, 5) is 11.9. The Balaban J connectivity index is 2.06. The van der Waals surface area contributed by atoms with Crippen molar-refractivity contribution in [1.82, 2.24) is 5.32 Å². The zero-order valence-corrected chi connectivity index (χ0v) is 13.4. The number of urea groups is 1. The van der Waals surface area contributed by atoms with Crippen LogP contribution in [0.1, 0.15) is 5.56 Å². The molecule has 0 saturated heterocycles. The number of ether oxygens (including phenoxy) is 3. The Morgan fingerprint density at radius 3 is 2.13 bits per heavy atom. The lowest BCUT2D eigenvalue weighted by molar-refractivity contribution is 0.251. The van der Waals surface area contributed by atoms with Crippen LogP contribution in [-0.4, -0.2) is 27.4 Å². The van der Waals surface area contributed by atoms with Crippen molar-refractivity contribution in [1.29, 1.82) is 0 Å². The number of amides is 2. The molecule has 0 aliphatic carbocycles. The lowest BCUT2D eigenvalue weighted by atomic mass is 10.1. The molecular weight excluding hydrogens is 296 g/mol. The van der Waals surface area contributed by atoms with Gasteiger partial charge in [-0.05, 0) is 18.2 Å². The summed E-state index contributed by atoms with van der Waals surface area (Å²) in [6.45, 7) is 0.294. The van der Waals surface area contributed by atoms with Crippen LogP contribution in [0.5, 0.6) is 17.2 Å². The molecule has 2 aromatic carbocycles. The van der Waals surface area contributed by atoms with E-state index in [4.69, 9.17) is 14.2 Å². The Morgan fingerprint density at radius 2 is 1.52 bits per heavy atom. The summed E-state index contributed by atoms with van der Waals surface area (Å²) in [7, 11) is 4.68. The lowest BCUT2D eigenvalue weighted by Gasteiger charge is -2.15. The van der Waals surface area contributed by atoms with Gasteiger partial charge in [0, 0.05) is 23.9 Å². The van der Waals surface area contributed by atoms with Crippen molar-refractivity contribution in [3.8, 4) is 17.2 Å². The van der Waals surface area contributed by atoms with Crippen molar-refractivity contribution >= 4 is 11.7 Å². The molecule has 0 spiro atoms. The van der Waals surface area contributed by atoms with E-state index in [1.54, 1.807) is 33.5 Å². The molecule has 6 heteroatoms. The number of benzene rings is 2. The van der Waals surface area contributed by atoms with Gasteiger partial charge in [-0.3, -0.25) is 0 Å². The molecule has 0 heterocycles. The van der Waals surface area contributed by atoms with Gasteiger partial charge in [0.25, 0.3) is 0 Å². The molecule has 0 atom stereocenters. The summed E-state index contributed by atoms with van der Waals surface area (Å²) in [6.07, 6.45) is 0. The van der Waals surface area contributed by atoms with Crippen LogP contribution >= 0.6 is 0 Å². The predicted octanol–water partition coefficient (Wildman–Crippen LogP) is 3.03. The maximum Gasteiger partial charge on any atom is 0.319 e. The van der Waals surface area contributed by atoms with Crippen LogP contribution in [0.25, 0.3) is 0 Å². The number of methoxy groups -OCH3 is 3. The normalized spacial score (nSPS) is 9.87. The van der Waals surface area contributed by atoms with Gasteiger partial charge < -0.3 is 24.8 Å². The summed E-state index contributed by atoms with van der Waals surface area (Å²) < 4.78 is 15.8. The van der Waals surface area contributed by atoms with Crippen LogP contribution in [0.4, 0.5) is 10.5 Å². The number of hydrogen-bond acceptors (Lipinski definition) is 4. The molecule has 0 aliphatic rings. The second kappa shape index (κ2) is 7.93. The van der Waals surface area contributed by atoms with Crippen LogP contribution in [0, 0.1) is 0 Å². The van der Waals surface area contributed by atoms with E-state index < -0.39 is 0 Å². The van der Waals surface area contributed by atoms with Gasteiger partial charge in [0.05, 0.1) is 21.3 Å². The van der Waals surface area contributed by atoms with Gasteiger partial charge >= 0.3 is 6.03 Å². The zero-order chi connectivity index (χ0) is 16.7. The Hall–Kier alpha value is -2.89. The number of para-hydroxylation sites is 1. The molecule has 2 N–H and O–H groups in total. The molecule has 0 saturated carbocycles. The van der Waals surface area contributed by atoms with Gasteiger partial charge in [0.15, 0.2) is 11.5 Å². The van der Waals surface area contributed by atoms with Crippen molar-refractivity contribution in [2.45, 2.75) is 6.54 Å². The maximum absolute atomic E-state index is 11.9. The van der Waals surface area contributed by atoms with E-state index in [2.05, 4.69) is 10.6 Å². The van der Waals surface area contributed by atoms with E-state index in [-0.39, 0.29) is 6.03 Å². The third-order valence-corrected chi connectivity index (χ3v) is 3.26. The fraction of sp³-hybridized carbons (Fsp3) is 0.235. The second-order valence-corrected chi connectivity index (χ2v) is 4.69. The quantitative estimate of drug-likeness (QED) is 0.859.